The third kappa shape index (κ3) is 4.57. The molecular formula is C18H23N5O2S. The summed E-state index contributed by atoms with van der Waals surface area (Å²) in [5.74, 6) is -0.308. The van der Waals surface area contributed by atoms with Gasteiger partial charge in [0.25, 0.3) is 0 Å². The number of hydrogen-bond acceptors (Lipinski definition) is 5. The third-order valence-electron chi connectivity index (χ3n) is 4.34. The van der Waals surface area contributed by atoms with Crippen molar-refractivity contribution in [3.8, 4) is 0 Å². The van der Waals surface area contributed by atoms with Crippen LogP contribution in [-0.4, -0.2) is 59.1 Å². The molecule has 8 heteroatoms. The average molecular weight is 373 g/mol. The summed E-state index contributed by atoms with van der Waals surface area (Å²) in [5, 5.41) is 12.5. The molecule has 1 unspecified atom stereocenters. The Morgan fingerprint density at radius 1 is 1.27 bits per heavy atom. The Balaban J connectivity index is 1.57. The molecule has 3 rings (SSSR count). The molecule has 1 aliphatic heterocycles. The van der Waals surface area contributed by atoms with Gasteiger partial charge >= 0.3 is 6.03 Å². The fraction of sp³-hybridized carbons (Fsp3) is 0.444. The van der Waals surface area contributed by atoms with Crippen LogP contribution in [0.5, 0.6) is 0 Å². The average Bonchev–Trinajstić information content (AvgIpc) is 3.08. The first-order chi connectivity index (χ1) is 12.5. The van der Waals surface area contributed by atoms with Crippen LogP contribution in [0.3, 0.4) is 0 Å². The number of aromatic nitrogens is 2. The molecule has 1 N–H and O–H groups in total. The van der Waals surface area contributed by atoms with Gasteiger partial charge in [-0.3, -0.25) is 4.79 Å². The Morgan fingerprint density at radius 2 is 2.04 bits per heavy atom. The highest BCUT2D eigenvalue weighted by Gasteiger charge is 2.29. The van der Waals surface area contributed by atoms with Gasteiger partial charge in [-0.05, 0) is 18.4 Å². The van der Waals surface area contributed by atoms with Gasteiger partial charge in [-0.25, -0.2) is 4.79 Å². The van der Waals surface area contributed by atoms with Crippen LogP contribution < -0.4 is 5.32 Å². The maximum Gasteiger partial charge on any atom is 0.319 e. The van der Waals surface area contributed by atoms with E-state index in [-0.39, 0.29) is 17.9 Å². The maximum atomic E-state index is 12.5. The smallest absolute Gasteiger partial charge is 0.319 e. The van der Waals surface area contributed by atoms with Gasteiger partial charge in [-0.15, -0.1) is 10.2 Å². The summed E-state index contributed by atoms with van der Waals surface area (Å²) in [6.45, 7) is 1.14. The first-order valence-corrected chi connectivity index (χ1v) is 9.48. The highest BCUT2D eigenvalue weighted by atomic mass is 32.1. The van der Waals surface area contributed by atoms with Crippen LogP contribution in [0.25, 0.3) is 0 Å². The molecule has 1 atom stereocenters. The van der Waals surface area contributed by atoms with Crippen LogP contribution in [0.2, 0.25) is 0 Å². The lowest BCUT2D eigenvalue weighted by Crippen LogP contribution is -2.47. The molecule has 0 spiro atoms. The normalized spacial score (nSPS) is 17.0. The fourth-order valence-corrected chi connectivity index (χ4v) is 3.78. The molecule has 1 saturated heterocycles. The molecule has 3 amide bonds. The van der Waals surface area contributed by atoms with Gasteiger partial charge in [0.15, 0.2) is 0 Å². The predicted molar refractivity (Wildman–Crippen MR) is 101 cm³/mol. The highest BCUT2D eigenvalue weighted by Crippen LogP contribution is 2.22. The number of hydrogen-bond donors (Lipinski definition) is 1. The van der Waals surface area contributed by atoms with E-state index in [4.69, 9.17) is 0 Å². The van der Waals surface area contributed by atoms with Crippen molar-refractivity contribution >= 4 is 28.4 Å². The van der Waals surface area contributed by atoms with Crippen molar-refractivity contribution < 1.29 is 9.59 Å². The quantitative estimate of drug-likeness (QED) is 0.893. The van der Waals surface area contributed by atoms with E-state index in [9.17, 15) is 9.59 Å². The number of benzene rings is 1. The lowest BCUT2D eigenvalue weighted by atomic mass is 9.97. The second kappa shape index (κ2) is 8.27. The summed E-state index contributed by atoms with van der Waals surface area (Å²) in [6, 6.07) is 9.98. The van der Waals surface area contributed by atoms with Crippen molar-refractivity contribution in [2.24, 2.45) is 5.92 Å². The molecule has 0 bridgehead atoms. The molecule has 0 aliphatic carbocycles. The van der Waals surface area contributed by atoms with Gasteiger partial charge in [0.2, 0.25) is 11.0 Å². The van der Waals surface area contributed by atoms with E-state index in [1.165, 1.54) is 11.3 Å². The number of likely N-dealkylation sites (tertiary alicyclic amines) is 1. The van der Waals surface area contributed by atoms with Gasteiger partial charge in [0.05, 0.1) is 5.92 Å². The topological polar surface area (TPSA) is 78.4 Å². The van der Waals surface area contributed by atoms with E-state index in [1.807, 2.05) is 30.3 Å². The van der Waals surface area contributed by atoms with Gasteiger partial charge in [-0.2, -0.15) is 0 Å². The Morgan fingerprint density at radius 3 is 2.77 bits per heavy atom. The van der Waals surface area contributed by atoms with Gasteiger partial charge in [-0.1, -0.05) is 41.7 Å². The highest BCUT2D eigenvalue weighted by molar-refractivity contribution is 7.15. The van der Waals surface area contributed by atoms with E-state index in [0.29, 0.717) is 24.6 Å². The fourth-order valence-electron chi connectivity index (χ4n) is 3.00. The second-order valence-electron chi connectivity index (χ2n) is 6.61. The van der Waals surface area contributed by atoms with Crippen LogP contribution >= 0.6 is 11.3 Å². The minimum atomic E-state index is -0.214. The third-order valence-corrected chi connectivity index (χ3v) is 5.18. The zero-order valence-electron chi connectivity index (χ0n) is 15.0. The molecular weight excluding hydrogens is 350 g/mol. The number of piperidine rings is 1. The van der Waals surface area contributed by atoms with Crippen molar-refractivity contribution in [3.05, 3.63) is 40.9 Å². The van der Waals surface area contributed by atoms with Crippen molar-refractivity contribution in [1.82, 2.24) is 20.0 Å². The molecule has 138 valence electrons. The summed E-state index contributed by atoms with van der Waals surface area (Å²) < 4.78 is 0. The van der Waals surface area contributed by atoms with Crippen LogP contribution in [0.1, 0.15) is 23.4 Å². The number of amides is 3. The second-order valence-corrected chi connectivity index (χ2v) is 7.68. The number of rotatable bonds is 4. The maximum absolute atomic E-state index is 12.5. The first kappa shape index (κ1) is 18.3. The Kier molecular flexibility index (Phi) is 5.82. The molecule has 0 saturated carbocycles. The van der Waals surface area contributed by atoms with Crippen LogP contribution in [0, 0.1) is 5.92 Å². The monoisotopic (exact) mass is 373 g/mol. The lowest BCUT2D eigenvalue weighted by Gasteiger charge is -2.33. The lowest BCUT2D eigenvalue weighted by molar-refractivity contribution is -0.121. The number of nitrogens with zero attached hydrogens (tertiary/aromatic N) is 4. The standard InChI is InChI=1S/C18H23N5O2S/c1-22(2)18(25)23-10-6-9-14(12-23)16(24)19-17-21-20-15(26-17)11-13-7-4-3-5-8-13/h3-5,7-8,14H,6,9-12H2,1-2H3,(H,19,21,24). The Bertz CT molecular complexity index is 762. The molecule has 2 aromatic rings. The Labute approximate surface area is 157 Å². The van der Waals surface area contributed by atoms with E-state index < -0.39 is 0 Å². The summed E-state index contributed by atoms with van der Waals surface area (Å²) in [7, 11) is 3.45. The van der Waals surface area contributed by atoms with Crippen LogP contribution in [-0.2, 0) is 11.2 Å². The van der Waals surface area contributed by atoms with Crippen molar-refractivity contribution in [1.29, 1.82) is 0 Å². The van der Waals surface area contributed by atoms with Crippen molar-refractivity contribution in [2.45, 2.75) is 19.3 Å². The summed E-state index contributed by atoms with van der Waals surface area (Å²) >= 11 is 1.39. The van der Waals surface area contributed by atoms with E-state index >= 15 is 0 Å². The van der Waals surface area contributed by atoms with Gasteiger partial charge in [0.1, 0.15) is 5.01 Å². The van der Waals surface area contributed by atoms with Crippen molar-refractivity contribution in [3.63, 3.8) is 0 Å². The van der Waals surface area contributed by atoms with E-state index in [2.05, 4.69) is 15.5 Å². The zero-order chi connectivity index (χ0) is 18.5. The van der Waals surface area contributed by atoms with Gasteiger partial charge < -0.3 is 15.1 Å². The summed E-state index contributed by atoms with van der Waals surface area (Å²) in [4.78, 5) is 27.9. The SMILES string of the molecule is CN(C)C(=O)N1CCCC(C(=O)Nc2nnc(Cc3ccccc3)s2)C1. The molecule has 2 heterocycles. The zero-order valence-corrected chi connectivity index (χ0v) is 15.8. The summed E-state index contributed by atoms with van der Waals surface area (Å²) in [5.41, 5.74) is 1.16. The summed E-state index contributed by atoms with van der Waals surface area (Å²) in [6.07, 6.45) is 2.30. The molecule has 1 aromatic heterocycles. The minimum Gasteiger partial charge on any atom is -0.331 e. The minimum absolute atomic E-state index is 0.0523. The van der Waals surface area contributed by atoms with Gasteiger partial charge in [0, 0.05) is 33.6 Å². The molecule has 1 fully saturated rings. The first-order valence-electron chi connectivity index (χ1n) is 8.66. The molecule has 7 nitrogen and oxygen atoms in total. The number of carbonyl (C=O) groups is 2. The van der Waals surface area contributed by atoms with Crippen LogP contribution in [0.15, 0.2) is 30.3 Å². The molecule has 1 aliphatic rings. The molecule has 1 aromatic carbocycles. The van der Waals surface area contributed by atoms with Crippen LogP contribution in [0.4, 0.5) is 9.93 Å². The number of nitrogens with one attached hydrogen (secondary N) is 1. The number of urea groups is 1. The largest absolute Gasteiger partial charge is 0.331 e. The molecule has 26 heavy (non-hydrogen) atoms. The Hall–Kier alpha value is -2.48. The van der Waals surface area contributed by atoms with E-state index in [1.54, 1.807) is 23.9 Å². The predicted octanol–water partition coefficient (Wildman–Crippen LogP) is 2.46. The molecule has 0 radical (unpaired) electrons. The van der Waals surface area contributed by atoms with Crippen molar-refractivity contribution in [2.75, 3.05) is 32.5 Å². The number of anilines is 1. The van der Waals surface area contributed by atoms with E-state index in [0.717, 1.165) is 23.4 Å². The number of carbonyl (C=O) groups excluding carboxylic acids is 2.